The van der Waals surface area contributed by atoms with E-state index in [-0.39, 0.29) is 41.5 Å². The summed E-state index contributed by atoms with van der Waals surface area (Å²) in [5.41, 5.74) is 0.285. The first-order valence-corrected chi connectivity index (χ1v) is 9.21. The number of imide groups is 1. The second-order valence-electron chi connectivity index (χ2n) is 7.64. The molecule has 1 aromatic carbocycles. The Morgan fingerprint density at radius 1 is 1.23 bits per heavy atom. The van der Waals surface area contributed by atoms with Crippen molar-refractivity contribution >= 4 is 17.7 Å². The maximum atomic E-state index is 12.9. The first-order chi connectivity index (χ1) is 12.3. The predicted molar refractivity (Wildman–Crippen MR) is 96.8 cm³/mol. The molecule has 1 heterocycles. The smallest absolute Gasteiger partial charge is 0.327 e. The van der Waals surface area contributed by atoms with Crippen molar-refractivity contribution in [2.75, 3.05) is 13.6 Å². The fourth-order valence-corrected chi connectivity index (χ4v) is 4.54. The van der Waals surface area contributed by atoms with Crippen molar-refractivity contribution < 1.29 is 19.5 Å². The third-order valence-electron chi connectivity index (χ3n) is 5.98. The molecule has 1 saturated carbocycles. The Balaban J connectivity index is 1.79. The highest BCUT2D eigenvalue weighted by Gasteiger charge is 2.48. The van der Waals surface area contributed by atoms with E-state index in [9.17, 15) is 19.5 Å². The van der Waals surface area contributed by atoms with Crippen LogP contribution in [-0.2, 0) is 4.79 Å². The van der Waals surface area contributed by atoms with Gasteiger partial charge in [0.2, 0.25) is 5.91 Å². The second kappa shape index (κ2) is 7.09. The van der Waals surface area contributed by atoms with Crippen LogP contribution in [0.1, 0.15) is 43.5 Å². The number of carbonyl (C=O) groups excluding carboxylic acids is 3. The molecule has 6 heteroatoms. The van der Waals surface area contributed by atoms with Crippen molar-refractivity contribution in [2.24, 2.45) is 17.8 Å². The fourth-order valence-electron chi connectivity index (χ4n) is 4.54. The number of hydrogen-bond acceptors (Lipinski definition) is 4. The Bertz CT molecular complexity index is 710. The van der Waals surface area contributed by atoms with Crippen molar-refractivity contribution in [3.8, 4) is 5.75 Å². The van der Waals surface area contributed by atoms with E-state index in [1.807, 2.05) is 6.92 Å². The molecule has 1 aliphatic carbocycles. The molecule has 4 unspecified atom stereocenters. The van der Waals surface area contributed by atoms with E-state index in [2.05, 4.69) is 6.92 Å². The minimum absolute atomic E-state index is 0.0204. The van der Waals surface area contributed by atoms with Crippen molar-refractivity contribution in [3.63, 3.8) is 0 Å². The lowest BCUT2D eigenvalue weighted by molar-refractivity contribution is -0.138. The molecule has 0 spiro atoms. The van der Waals surface area contributed by atoms with Gasteiger partial charge in [-0.3, -0.25) is 14.5 Å². The van der Waals surface area contributed by atoms with Gasteiger partial charge in [-0.05, 0) is 30.4 Å². The molecular formula is C20H26N2O4. The summed E-state index contributed by atoms with van der Waals surface area (Å²) in [5.74, 6) is -0.187. The van der Waals surface area contributed by atoms with Crippen LogP contribution in [0, 0.1) is 17.8 Å². The third-order valence-corrected chi connectivity index (χ3v) is 5.98. The Morgan fingerprint density at radius 2 is 1.96 bits per heavy atom. The number of nitrogens with zero attached hydrogens (tertiary/aromatic N) is 2. The number of urea groups is 1. The zero-order valence-corrected chi connectivity index (χ0v) is 15.5. The molecule has 1 saturated heterocycles. The Kier molecular flexibility index (Phi) is 5.03. The van der Waals surface area contributed by atoms with E-state index in [0.717, 1.165) is 24.2 Å². The molecular weight excluding hydrogens is 332 g/mol. The first-order valence-electron chi connectivity index (χ1n) is 9.21. The van der Waals surface area contributed by atoms with Gasteiger partial charge in [0.25, 0.3) is 0 Å². The largest absolute Gasteiger partial charge is 0.508 e. The summed E-state index contributed by atoms with van der Waals surface area (Å²) in [6.45, 7) is 3.74. The van der Waals surface area contributed by atoms with Gasteiger partial charge in [0.15, 0.2) is 5.78 Å². The van der Waals surface area contributed by atoms with E-state index in [1.54, 1.807) is 24.1 Å². The highest BCUT2D eigenvalue weighted by Crippen LogP contribution is 2.40. The van der Waals surface area contributed by atoms with Crippen LogP contribution in [-0.4, -0.2) is 52.3 Å². The molecule has 1 aliphatic heterocycles. The number of phenols is 1. The van der Waals surface area contributed by atoms with Crippen molar-refractivity contribution in [1.29, 1.82) is 0 Å². The van der Waals surface area contributed by atoms with Gasteiger partial charge in [-0.25, -0.2) is 4.79 Å². The van der Waals surface area contributed by atoms with E-state index in [4.69, 9.17) is 0 Å². The van der Waals surface area contributed by atoms with Gasteiger partial charge in [-0.1, -0.05) is 38.8 Å². The van der Waals surface area contributed by atoms with Crippen molar-refractivity contribution in [2.45, 2.75) is 39.2 Å². The van der Waals surface area contributed by atoms with E-state index in [0.29, 0.717) is 11.8 Å². The third kappa shape index (κ3) is 3.20. The molecule has 4 atom stereocenters. The SMILES string of the molecule is CC1CCCC1C1C(C)C(=O)N(CC(=O)c2cccc(O)c2)C(=O)N1C. The van der Waals surface area contributed by atoms with Crippen LogP contribution in [0.4, 0.5) is 4.79 Å². The minimum Gasteiger partial charge on any atom is -0.508 e. The summed E-state index contributed by atoms with van der Waals surface area (Å²) in [5, 5.41) is 9.53. The van der Waals surface area contributed by atoms with Gasteiger partial charge in [0, 0.05) is 18.7 Å². The van der Waals surface area contributed by atoms with Crippen LogP contribution in [0.15, 0.2) is 24.3 Å². The normalized spacial score (nSPS) is 29.3. The zero-order chi connectivity index (χ0) is 19.0. The Morgan fingerprint density at radius 3 is 2.58 bits per heavy atom. The zero-order valence-electron chi connectivity index (χ0n) is 15.5. The number of aromatic hydroxyl groups is 1. The van der Waals surface area contributed by atoms with Gasteiger partial charge in [-0.2, -0.15) is 0 Å². The molecule has 0 radical (unpaired) electrons. The molecule has 2 aliphatic rings. The fraction of sp³-hybridized carbons (Fsp3) is 0.550. The van der Waals surface area contributed by atoms with Crippen molar-refractivity contribution in [3.05, 3.63) is 29.8 Å². The van der Waals surface area contributed by atoms with E-state index in [1.165, 1.54) is 12.1 Å². The second-order valence-corrected chi connectivity index (χ2v) is 7.64. The highest BCUT2D eigenvalue weighted by atomic mass is 16.3. The molecule has 3 amide bonds. The Hall–Kier alpha value is -2.37. The monoisotopic (exact) mass is 358 g/mol. The lowest BCUT2D eigenvalue weighted by Gasteiger charge is -2.45. The number of phenolic OH excluding ortho intramolecular Hbond substituents is 1. The minimum atomic E-state index is -0.411. The summed E-state index contributed by atoms with van der Waals surface area (Å²) in [6.07, 6.45) is 3.29. The van der Waals surface area contributed by atoms with Crippen LogP contribution in [0.3, 0.4) is 0 Å². The maximum Gasteiger partial charge on any atom is 0.327 e. The summed E-state index contributed by atoms with van der Waals surface area (Å²) < 4.78 is 0. The van der Waals surface area contributed by atoms with Crippen LogP contribution < -0.4 is 0 Å². The topological polar surface area (TPSA) is 77.9 Å². The molecule has 1 N–H and O–H groups in total. The molecule has 2 fully saturated rings. The number of amides is 3. The first kappa shape index (κ1) is 18.4. The summed E-state index contributed by atoms with van der Waals surface area (Å²) >= 11 is 0. The number of hydrogen-bond donors (Lipinski definition) is 1. The molecule has 140 valence electrons. The summed E-state index contributed by atoms with van der Waals surface area (Å²) in [4.78, 5) is 40.9. The quantitative estimate of drug-likeness (QED) is 0.840. The van der Waals surface area contributed by atoms with E-state index < -0.39 is 6.03 Å². The van der Waals surface area contributed by atoms with Crippen LogP contribution in [0.2, 0.25) is 0 Å². The highest BCUT2D eigenvalue weighted by molar-refractivity contribution is 6.06. The van der Waals surface area contributed by atoms with Gasteiger partial charge in [0.1, 0.15) is 5.75 Å². The molecule has 1 aromatic rings. The molecule has 0 bridgehead atoms. The predicted octanol–water partition coefficient (Wildman–Crippen LogP) is 2.91. The molecule has 26 heavy (non-hydrogen) atoms. The van der Waals surface area contributed by atoms with Gasteiger partial charge in [-0.15, -0.1) is 0 Å². The lowest BCUT2D eigenvalue weighted by Crippen LogP contribution is -2.62. The standard InChI is InChI=1S/C20H26N2O4/c1-12-6-4-9-16(12)18-13(2)19(25)22(20(26)21(18)3)11-17(24)14-7-5-8-15(23)10-14/h5,7-8,10,12-13,16,18,23H,4,6,9,11H2,1-3H3. The van der Waals surface area contributed by atoms with Gasteiger partial charge in [0.05, 0.1) is 12.5 Å². The maximum absolute atomic E-state index is 12.9. The number of carbonyl (C=O) groups is 3. The van der Waals surface area contributed by atoms with Crippen LogP contribution in [0.25, 0.3) is 0 Å². The Labute approximate surface area is 153 Å². The van der Waals surface area contributed by atoms with Crippen LogP contribution >= 0.6 is 0 Å². The van der Waals surface area contributed by atoms with E-state index >= 15 is 0 Å². The number of rotatable bonds is 4. The summed E-state index contributed by atoms with van der Waals surface area (Å²) in [6, 6.07) is 5.42. The van der Waals surface area contributed by atoms with Gasteiger partial charge < -0.3 is 10.0 Å². The van der Waals surface area contributed by atoms with Crippen molar-refractivity contribution in [1.82, 2.24) is 9.80 Å². The summed E-state index contributed by atoms with van der Waals surface area (Å²) in [7, 11) is 1.73. The number of benzene rings is 1. The lowest BCUT2D eigenvalue weighted by atomic mass is 9.80. The van der Waals surface area contributed by atoms with Crippen LogP contribution in [0.5, 0.6) is 5.75 Å². The average molecular weight is 358 g/mol. The van der Waals surface area contributed by atoms with Gasteiger partial charge >= 0.3 is 6.03 Å². The molecule has 3 rings (SSSR count). The number of Topliss-reactive ketones (excluding diaryl/α,β-unsaturated/α-hetero) is 1. The molecule has 6 nitrogen and oxygen atoms in total. The molecule has 0 aromatic heterocycles. The average Bonchev–Trinajstić information content (AvgIpc) is 3.03. The number of ketones is 1.